The molecule has 0 unspecified atom stereocenters. The Morgan fingerprint density at radius 1 is 1.58 bits per heavy atom. The Morgan fingerprint density at radius 2 is 2.25 bits per heavy atom. The van der Waals surface area contributed by atoms with Crippen LogP contribution in [0.3, 0.4) is 0 Å². The van der Waals surface area contributed by atoms with Crippen molar-refractivity contribution in [1.82, 2.24) is 5.32 Å². The van der Waals surface area contributed by atoms with Gasteiger partial charge in [-0.25, -0.2) is 0 Å². The Balaban J connectivity index is 2.12. The summed E-state index contributed by atoms with van der Waals surface area (Å²) in [5, 5.41) is 2.91. The highest BCUT2D eigenvalue weighted by atomic mass is 16.5. The molecule has 1 rings (SSSR count). The molecule has 0 spiro atoms. The highest BCUT2D eigenvalue weighted by Crippen LogP contribution is 2.24. The van der Waals surface area contributed by atoms with Crippen LogP contribution in [-0.4, -0.2) is 25.7 Å². The van der Waals surface area contributed by atoms with Gasteiger partial charge in [-0.3, -0.25) is 4.79 Å². The maximum Gasteiger partial charge on any atom is 0.220 e. The average molecular weight is 171 g/mol. The molecule has 1 fully saturated rings. The Labute approximate surface area is 73.5 Å². The fourth-order valence-corrected chi connectivity index (χ4v) is 1.18. The molecular formula is C9H17NO2. The second-order valence-electron chi connectivity index (χ2n) is 3.83. The number of carbonyl (C=O) groups is 1. The molecule has 0 aliphatic carbocycles. The van der Waals surface area contributed by atoms with Crippen molar-refractivity contribution >= 4 is 5.91 Å². The molecule has 0 saturated carbocycles. The van der Waals surface area contributed by atoms with Crippen LogP contribution in [0.4, 0.5) is 0 Å². The van der Waals surface area contributed by atoms with Crippen molar-refractivity contribution in [2.75, 3.05) is 19.8 Å². The first-order valence-corrected chi connectivity index (χ1v) is 4.51. The van der Waals surface area contributed by atoms with Crippen LogP contribution in [0.1, 0.15) is 26.7 Å². The molecule has 1 amide bonds. The van der Waals surface area contributed by atoms with Crippen molar-refractivity contribution in [3.05, 3.63) is 0 Å². The number of amides is 1. The Hall–Kier alpha value is -0.570. The minimum atomic E-state index is 0.158. The van der Waals surface area contributed by atoms with Crippen LogP contribution in [0.15, 0.2) is 0 Å². The van der Waals surface area contributed by atoms with E-state index in [-0.39, 0.29) is 11.3 Å². The molecular weight excluding hydrogens is 154 g/mol. The molecule has 1 aliphatic rings. The second-order valence-corrected chi connectivity index (χ2v) is 3.83. The predicted octanol–water partition coefficient (Wildman–Crippen LogP) is 0.939. The van der Waals surface area contributed by atoms with Crippen LogP contribution in [0.25, 0.3) is 0 Å². The van der Waals surface area contributed by atoms with E-state index in [2.05, 4.69) is 12.2 Å². The van der Waals surface area contributed by atoms with Crippen LogP contribution in [0.2, 0.25) is 0 Å². The van der Waals surface area contributed by atoms with E-state index in [1.807, 2.05) is 6.92 Å². The summed E-state index contributed by atoms with van der Waals surface area (Å²) in [7, 11) is 0. The summed E-state index contributed by atoms with van der Waals surface area (Å²) in [4.78, 5) is 11.1. The summed E-state index contributed by atoms with van der Waals surface area (Å²) in [5.74, 6) is 0.158. The normalized spacial score (nSPS) is 19.8. The lowest BCUT2D eigenvalue weighted by Gasteiger charge is -2.38. The first-order chi connectivity index (χ1) is 5.66. The average Bonchev–Trinajstić information content (AvgIpc) is 1.98. The Morgan fingerprint density at radius 3 is 2.67 bits per heavy atom. The number of rotatable bonds is 4. The summed E-state index contributed by atoms with van der Waals surface area (Å²) in [5.41, 5.74) is 0.198. The summed E-state index contributed by atoms with van der Waals surface area (Å²) < 4.78 is 5.08. The number of nitrogens with one attached hydrogen (secondary N) is 1. The third-order valence-corrected chi connectivity index (χ3v) is 2.09. The third kappa shape index (κ3) is 2.48. The second kappa shape index (κ2) is 3.90. The first kappa shape index (κ1) is 9.52. The SMILES string of the molecule is CCCC(=O)NCC1(C)COC1. The zero-order valence-electron chi connectivity index (χ0n) is 7.85. The highest BCUT2D eigenvalue weighted by Gasteiger charge is 2.33. The lowest BCUT2D eigenvalue weighted by atomic mass is 9.89. The molecule has 1 saturated heterocycles. The molecule has 0 atom stereocenters. The smallest absolute Gasteiger partial charge is 0.220 e. The van der Waals surface area contributed by atoms with E-state index >= 15 is 0 Å². The van der Waals surface area contributed by atoms with Gasteiger partial charge in [0.05, 0.1) is 13.2 Å². The van der Waals surface area contributed by atoms with E-state index < -0.39 is 0 Å². The molecule has 12 heavy (non-hydrogen) atoms. The standard InChI is InChI=1S/C9H17NO2/c1-3-4-8(11)10-5-9(2)6-12-7-9/h3-7H2,1-2H3,(H,10,11). The molecule has 0 aromatic carbocycles. The molecule has 0 radical (unpaired) electrons. The van der Waals surface area contributed by atoms with E-state index in [9.17, 15) is 4.79 Å². The van der Waals surface area contributed by atoms with Gasteiger partial charge in [0.1, 0.15) is 0 Å². The molecule has 70 valence electrons. The summed E-state index contributed by atoms with van der Waals surface area (Å²) >= 11 is 0. The zero-order chi connectivity index (χ0) is 9.03. The first-order valence-electron chi connectivity index (χ1n) is 4.51. The quantitative estimate of drug-likeness (QED) is 0.683. The van der Waals surface area contributed by atoms with Crippen molar-refractivity contribution in [1.29, 1.82) is 0 Å². The molecule has 0 aromatic heterocycles. The molecule has 3 nitrogen and oxygen atoms in total. The number of carbonyl (C=O) groups excluding carboxylic acids is 1. The van der Waals surface area contributed by atoms with Gasteiger partial charge in [0.25, 0.3) is 0 Å². The van der Waals surface area contributed by atoms with Crippen LogP contribution in [-0.2, 0) is 9.53 Å². The largest absolute Gasteiger partial charge is 0.380 e. The van der Waals surface area contributed by atoms with Gasteiger partial charge in [-0.15, -0.1) is 0 Å². The van der Waals surface area contributed by atoms with Gasteiger partial charge in [-0.05, 0) is 6.42 Å². The van der Waals surface area contributed by atoms with E-state index in [1.54, 1.807) is 0 Å². The van der Waals surface area contributed by atoms with Crippen LogP contribution in [0.5, 0.6) is 0 Å². The molecule has 0 aromatic rings. The molecule has 1 heterocycles. The van der Waals surface area contributed by atoms with Gasteiger partial charge in [0, 0.05) is 18.4 Å². The van der Waals surface area contributed by atoms with Crippen molar-refractivity contribution in [3.8, 4) is 0 Å². The van der Waals surface area contributed by atoms with E-state index in [0.717, 1.165) is 26.2 Å². The molecule has 0 bridgehead atoms. The topological polar surface area (TPSA) is 38.3 Å². The highest BCUT2D eigenvalue weighted by molar-refractivity contribution is 5.75. The van der Waals surface area contributed by atoms with Crippen molar-refractivity contribution in [3.63, 3.8) is 0 Å². The van der Waals surface area contributed by atoms with Gasteiger partial charge in [-0.1, -0.05) is 13.8 Å². The minimum absolute atomic E-state index is 0.158. The molecule has 1 N–H and O–H groups in total. The maximum absolute atomic E-state index is 11.1. The lowest BCUT2D eigenvalue weighted by Crippen LogP contribution is -2.48. The van der Waals surface area contributed by atoms with E-state index in [4.69, 9.17) is 4.74 Å². The van der Waals surface area contributed by atoms with Crippen LogP contribution >= 0.6 is 0 Å². The summed E-state index contributed by atoms with van der Waals surface area (Å²) in [6.45, 7) is 6.45. The predicted molar refractivity (Wildman–Crippen MR) is 46.8 cm³/mol. The van der Waals surface area contributed by atoms with Gasteiger partial charge in [0.15, 0.2) is 0 Å². The van der Waals surface area contributed by atoms with Gasteiger partial charge >= 0.3 is 0 Å². The van der Waals surface area contributed by atoms with Crippen LogP contribution < -0.4 is 5.32 Å². The monoisotopic (exact) mass is 171 g/mol. The third-order valence-electron chi connectivity index (χ3n) is 2.09. The Kier molecular flexibility index (Phi) is 3.09. The number of ether oxygens (including phenoxy) is 1. The Bertz CT molecular complexity index is 164. The van der Waals surface area contributed by atoms with Crippen molar-refractivity contribution in [2.24, 2.45) is 5.41 Å². The van der Waals surface area contributed by atoms with Crippen molar-refractivity contribution < 1.29 is 9.53 Å². The fraction of sp³-hybridized carbons (Fsp3) is 0.889. The van der Waals surface area contributed by atoms with E-state index in [0.29, 0.717) is 6.42 Å². The molecule has 3 heteroatoms. The summed E-state index contributed by atoms with van der Waals surface area (Å²) in [6.07, 6.45) is 1.55. The fourth-order valence-electron chi connectivity index (χ4n) is 1.18. The number of hydrogen-bond acceptors (Lipinski definition) is 2. The van der Waals surface area contributed by atoms with Gasteiger partial charge in [0.2, 0.25) is 5.91 Å². The number of hydrogen-bond donors (Lipinski definition) is 1. The summed E-state index contributed by atoms with van der Waals surface area (Å²) in [6, 6.07) is 0. The van der Waals surface area contributed by atoms with E-state index in [1.165, 1.54) is 0 Å². The van der Waals surface area contributed by atoms with Gasteiger partial charge in [-0.2, -0.15) is 0 Å². The lowest BCUT2D eigenvalue weighted by molar-refractivity contribution is -0.126. The minimum Gasteiger partial charge on any atom is -0.380 e. The zero-order valence-corrected chi connectivity index (χ0v) is 7.85. The van der Waals surface area contributed by atoms with Gasteiger partial charge < -0.3 is 10.1 Å². The maximum atomic E-state index is 11.1. The van der Waals surface area contributed by atoms with Crippen molar-refractivity contribution in [2.45, 2.75) is 26.7 Å². The molecule has 1 aliphatic heterocycles. The van der Waals surface area contributed by atoms with Crippen LogP contribution in [0, 0.1) is 5.41 Å².